The number of pyridine rings is 1. The van der Waals surface area contributed by atoms with Crippen molar-refractivity contribution in [1.82, 2.24) is 4.98 Å². The maximum Gasteiger partial charge on any atom is 0.142 e. The van der Waals surface area contributed by atoms with Gasteiger partial charge in [-0.3, -0.25) is 0 Å². The van der Waals surface area contributed by atoms with Gasteiger partial charge in [0.1, 0.15) is 11.6 Å². The van der Waals surface area contributed by atoms with Gasteiger partial charge in [0.15, 0.2) is 0 Å². The largest absolute Gasteiger partial charge is 0.495 e. The Morgan fingerprint density at radius 3 is 2.68 bits per heavy atom. The van der Waals surface area contributed by atoms with Crippen LogP contribution >= 0.6 is 15.9 Å². The van der Waals surface area contributed by atoms with Gasteiger partial charge in [0, 0.05) is 11.5 Å². The molecule has 0 unspecified atom stereocenters. The van der Waals surface area contributed by atoms with Gasteiger partial charge in [0.05, 0.1) is 24.7 Å². The molecule has 0 spiro atoms. The second-order valence-corrected chi connectivity index (χ2v) is 5.19. The topological polar surface area (TPSA) is 51.4 Å². The summed E-state index contributed by atoms with van der Waals surface area (Å²) in [6.45, 7) is 1.96. The highest BCUT2D eigenvalue weighted by Gasteiger charge is 2.12. The summed E-state index contributed by atoms with van der Waals surface area (Å²) in [5.74, 6) is 1.62. The molecule has 1 aromatic heterocycles. The van der Waals surface area contributed by atoms with Crippen LogP contribution in [-0.2, 0) is 0 Å². The lowest BCUT2D eigenvalue weighted by molar-refractivity contribution is 0.415. The van der Waals surface area contributed by atoms with Crippen molar-refractivity contribution in [3.8, 4) is 5.75 Å². The molecule has 0 bridgehead atoms. The van der Waals surface area contributed by atoms with Crippen LogP contribution in [-0.4, -0.2) is 19.1 Å². The molecule has 2 N–H and O–H groups in total. The molecule has 0 amide bonds. The molecule has 19 heavy (non-hydrogen) atoms. The average molecular weight is 322 g/mol. The second-order valence-electron chi connectivity index (χ2n) is 4.27. The average Bonchev–Trinajstić information content (AvgIpc) is 2.41. The molecule has 2 rings (SSSR count). The minimum absolute atomic E-state index is 0.693. The third kappa shape index (κ3) is 2.81. The van der Waals surface area contributed by atoms with Crippen LogP contribution in [0.3, 0.4) is 0 Å². The summed E-state index contributed by atoms with van der Waals surface area (Å²) in [6, 6.07) is 7.81. The first-order chi connectivity index (χ1) is 9.02. The van der Waals surface area contributed by atoms with Crippen LogP contribution < -0.4 is 15.4 Å². The number of hydrogen-bond donors (Lipinski definition) is 1. The number of halogens is 1. The highest BCUT2D eigenvalue weighted by atomic mass is 79.9. The minimum Gasteiger partial charge on any atom is -0.495 e. The molecule has 1 heterocycles. The van der Waals surface area contributed by atoms with E-state index in [2.05, 4.69) is 20.9 Å². The van der Waals surface area contributed by atoms with E-state index in [1.54, 1.807) is 13.3 Å². The van der Waals surface area contributed by atoms with Crippen molar-refractivity contribution in [2.75, 3.05) is 24.8 Å². The van der Waals surface area contributed by atoms with E-state index >= 15 is 0 Å². The van der Waals surface area contributed by atoms with E-state index in [1.807, 2.05) is 43.1 Å². The summed E-state index contributed by atoms with van der Waals surface area (Å²) in [5.41, 5.74) is 8.43. The second kappa shape index (κ2) is 5.48. The Bertz CT molecular complexity index is 601. The number of aryl methyl sites for hydroxylation is 1. The fourth-order valence-electron chi connectivity index (χ4n) is 1.78. The van der Waals surface area contributed by atoms with Gasteiger partial charge in [-0.25, -0.2) is 4.98 Å². The number of nitrogens with zero attached hydrogens (tertiary/aromatic N) is 2. The molecule has 0 atom stereocenters. The van der Waals surface area contributed by atoms with Gasteiger partial charge in [0.25, 0.3) is 0 Å². The number of rotatable bonds is 3. The van der Waals surface area contributed by atoms with Crippen LogP contribution in [0.15, 0.2) is 34.9 Å². The van der Waals surface area contributed by atoms with E-state index in [0.29, 0.717) is 5.69 Å². The zero-order valence-electron chi connectivity index (χ0n) is 11.1. The Morgan fingerprint density at radius 1 is 1.32 bits per heavy atom. The molecular formula is C14H16BrN3O. The van der Waals surface area contributed by atoms with Crippen molar-refractivity contribution in [2.24, 2.45) is 0 Å². The number of benzene rings is 1. The Morgan fingerprint density at radius 2 is 2.05 bits per heavy atom. The number of nitrogen functional groups attached to an aromatic ring is 1. The van der Waals surface area contributed by atoms with E-state index in [1.165, 1.54) is 0 Å². The Labute approximate surface area is 121 Å². The number of aromatic nitrogens is 1. The molecule has 0 saturated carbocycles. The summed E-state index contributed by atoms with van der Waals surface area (Å²) in [7, 11) is 3.60. The Hall–Kier alpha value is -1.75. The van der Waals surface area contributed by atoms with Crippen LogP contribution in [0.1, 0.15) is 5.56 Å². The maximum absolute atomic E-state index is 5.79. The zero-order chi connectivity index (χ0) is 14.0. The molecule has 2 aromatic rings. The SMILES string of the molecule is COc1ccc(Br)cc1N(C)c1cc(C)c(N)cn1. The highest BCUT2D eigenvalue weighted by Crippen LogP contribution is 2.34. The van der Waals surface area contributed by atoms with Gasteiger partial charge in [-0.15, -0.1) is 0 Å². The van der Waals surface area contributed by atoms with Crippen LogP contribution in [0.2, 0.25) is 0 Å². The minimum atomic E-state index is 0.693. The molecule has 0 saturated heterocycles. The molecule has 0 aliphatic carbocycles. The van der Waals surface area contributed by atoms with Gasteiger partial charge in [-0.2, -0.15) is 0 Å². The molecular weight excluding hydrogens is 306 g/mol. The summed E-state index contributed by atoms with van der Waals surface area (Å²) in [6.07, 6.45) is 1.67. The lowest BCUT2D eigenvalue weighted by atomic mass is 10.2. The Kier molecular flexibility index (Phi) is 3.95. The first-order valence-corrected chi connectivity index (χ1v) is 6.61. The van der Waals surface area contributed by atoms with Gasteiger partial charge in [0.2, 0.25) is 0 Å². The van der Waals surface area contributed by atoms with Crippen molar-refractivity contribution < 1.29 is 4.74 Å². The van der Waals surface area contributed by atoms with Crippen LogP contribution in [0.4, 0.5) is 17.2 Å². The third-order valence-electron chi connectivity index (χ3n) is 2.98. The van der Waals surface area contributed by atoms with Gasteiger partial charge in [-0.1, -0.05) is 15.9 Å². The van der Waals surface area contributed by atoms with E-state index < -0.39 is 0 Å². The molecule has 0 aliphatic rings. The standard InChI is InChI=1S/C14H16BrN3O/c1-9-6-14(17-8-11(9)16)18(2)12-7-10(15)4-5-13(12)19-3/h4-8H,16H2,1-3H3. The summed E-state index contributed by atoms with van der Waals surface area (Å²) >= 11 is 3.47. The number of hydrogen-bond acceptors (Lipinski definition) is 4. The van der Waals surface area contributed by atoms with Crippen LogP contribution in [0, 0.1) is 6.92 Å². The van der Waals surface area contributed by atoms with Crippen molar-refractivity contribution in [3.05, 3.63) is 40.5 Å². The molecule has 1 aromatic carbocycles. The van der Waals surface area contributed by atoms with E-state index in [4.69, 9.17) is 10.5 Å². The van der Waals surface area contributed by atoms with Crippen molar-refractivity contribution in [1.29, 1.82) is 0 Å². The highest BCUT2D eigenvalue weighted by molar-refractivity contribution is 9.10. The monoisotopic (exact) mass is 321 g/mol. The normalized spacial score (nSPS) is 10.3. The number of nitrogens with two attached hydrogens (primary N) is 1. The van der Waals surface area contributed by atoms with Crippen molar-refractivity contribution in [2.45, 2.75) is 6.92 Å². The van der Waals surface area contributed by atoms with Crippen LogP contribution in [0.5, 0.6) is 5.75 Å². The van der Waals surface area contributed by atoms with E-state index in [9.17, 15) is 0 Å². The van der Waals surface area contributed by atoms with Gasteiger partial charge >= 0.3 is 0 Å². The van der Waals surface area contributed by atoms with E-state index in [0.717, 1.165) is 27.3 Å². The van der Waals surface area contributed by atoms with Crippen molar-refractivity contribution >= 4 is 33.1 Å². The quantitative estimate of drug-likeness (QED) is 0.939. The van der Waals surface area contributed by atoms with E-state index in [-0.39, 0.29) is 0 Å². The predicted molar refractivity (Wildman–Crippen MR) is 82.1 cm³/mol. The molecule has 0 fully saturated rings. The predicted octanol–water partition coefficient (Wildman–Crippen LogP) is 3.51. The lowest BCUT2D eigenvalue weighted by Gasteiger charge is -2.21. The number of methoxy groups -OCH3 is 1. The smallest absolute Gasteiger partial charge is 0.142 e. The molecule has 0 radical (unpaired) electrons. The molecule has 100 valence electrons. The third-order valence-corrected chi connectivity index (χ3v) is 3.48. The van der Waals surface area contributed by atoms with Gasteiger partial charge < -0.3 is 15.4 Å². The Balaban J connectivity index is 2.45. The first kappa shape index (κ1) is 13.7. The molecule has 0 aliphatic heterocycles. The van der Waals surface area contributed by atoms with Crippen LogP contribution in [0.25, 0.3) is 0 Å². The summed E-state index contributed by atoms with van der Waals surface area (Å²) in [4.78, 5) is 6.32. The number of anilines is 3. The van der Waals surface area contributed by atoms with Crippen molar-refractivity contribution in [3.63, 3.8) is 0 Å². The fourth-order valence-corrected chi connectivity index (χ4v) is 2.13. The first-order valence-electron chi connectivity index (χ1n) is 5.82. The maximum atomic E-state index is 5.79. The number of ether oxygens (including phenoxy) is 1. The molecule has 5 heteroatoms. The lowest BCUT2D eigenvalue weighted by Crippen LogP contribution is -2.13. The fraction of sp³-hybridized carbons (Fsp3) is 0.214. The zero-order valence-corrected chi connectivity index (χ0v) is 12.7. The summed E-state index contributed by atoms with van der Waals surface area (Å²) in [5, 5.41) is 0. The van der Waals surface area contributed by atoms with Gasteiger partial charge in [-0.05, 0) is 36.8 Å². The molecule has 4 nitrogen and oxygen atoms in total. The summed E-state index contributed by atoms with van der Waals surface area (Å²) < 4.78 is 6.37.